The number of hydrogen-bond acceptors (Lipinski definition) is 6. The van der Waals surface area contributed by atoms with Gasteiger partial charge in [0.05, 0.1) is 13.7 Å². The van der Waals surface area contributed by atoms with E-state index in [-0.39, 0.29) is 6.01 Å². The molecule has 0 aliphatic rings. The summed E-state index contributed by atoms with van der Waals surface area (Å²) in [4.78, 5) is 30.6. The van der Waals surface area contributed by atoms with Gasteiger partial charge >= 0.3 is 12.0 Å². The highest BCUT2D eigenvalue weighted by Crippen LogP contribution is 2.04. The van der Waals surface area contributed by atoms with Crippen LogP contribution in [0, 0.1) is 0 Å². The third kappa shape index (κ3) is 5.05. The summed E-state index contributed by atoms with van der Waals surface area (Å²) in [6, 6.07) is -0.415. The molecule has 1 rings (SSSR count). The summed E-state index contributed by atoms with van der Waals surface area (Å²) in [5, 5.41) is 2.47. The maximum absolute atomic E-state index is 11.5. The minimum Gasteiger partial charge on any atom is -0.467 e. The standard InChI is InChI=1S/C13H17N3O4/c1-4-20-13-14-7-10(8-15-13)5-6-11(17)16-9(2)12(18)19-3/h5-9H,4H2,1-3H3,(H,16,17)/b6-5+. The number of amides is 1. The zero-order valence-electron chi connectivity index (χ0n) is 11.6. The van der Waals surface area contributed by atoms with E-state index in [0.29, 0.717) is 12.2 Å². The Bertz CT molecular complexity index is 485. The van der Waals surface area contributed by atoms with Gasteiger partial charge in [0.25, 0.3) is 0 Å². The molecule has 7 heteroatoms. The lowest BCUT2D eigenvalue weighted by molar-refractivity contribution is -0.144. The van der Waals surface area contributed by atoms with Gasteiger partial charge in [0.1, 0.15) is 6.04 Å². The van der Waals surface area contributed by atoms with Gasteiger partial charge in [-0.05, 0) is 19.9 Å². The molecule has 0 radical (unpaired) electrons. The van der Waals surface area contributed by atoms with Crippen LogP contribution < -0.4 is 10.1 Å². The Kier molecular flexibility index (Phi) is 6.15. The molecule has 7 nitrogen and oxygen atoms in total. The Hall–Kier alpha value is -2.44. The normalized spacial score (nSPS) is 11.9. The van der Waals surface area contributed by atoms with Gasteiger partial charge in [0, 0.05) is 24.0 Å². The van der Waals surface area contributed by atoms with Crippen LogP contribution in [0.5, 0.6) is 6.01 Å². The number of aromatic nitrogens is 2. The van der Waals surface area contributed by atoms with Crippen molar-refractivity contribution < 1.29 is 19.1 Å². The predicted molar refractivity (Wildman–Crippen MR) is 71.9 cm³/mol. The molecule has 0 bridgehead atoms. The molecule has 1 N–H and O–H groups in total. The highest BCUT2D eigenvalue weighted by Gasteiger charge is 2.13. The van der Waals surface area contributed by atoms with E-state index in [1.165, 1.54) is 38.6 Å². The van der Waals surface area contributed by atoms with E-state index in [1.807, 2.05) is 6.92 Å². The fourth-order valence-electron chi connectivity index (χ4n) is 1.28. The molecule has 1 atom stereocenters. The Labute approximate surface area is 117 Å². The van der Waals surface area contributed by atoms with E-state index in [1.54, 1.807) is 0 Å². The van der Waals surface area contributed by atoms with Crippen molar-refractivity contribution in [3.63, 3.8) is 0 Å². The molecule has 1 unspecified atom stereocenters. The molecule has 0 fully saturated rings. The molecular weight excluding hydrogens is 262 g/mol. The van der Waals surface area contributed by atoms with E-state index >= 15 is 0 Å². The summed E-state index contributed by atoms with van der Waals surface area (Å²) in [5.41, 5.74) is 0.648. The second-order valence-electron chi connectivity index (χ2n) is 3.82. The molecule has 1 aromatic rings. The zero-order valence-corrected chi connectivity index (χ0v) is 11.6. The summed E-state index contributed by atoms with van der Waals surface area (Å²) < 4.78 is 9.60. The molecule has 1 amide bonds. The number of nitrogens with one attached hydrogen (secondary N) is 1. The third-order valence-corrected chi connectivity index (χ3v) is 2.26. The molecular formula is C13H17N3O4. The predicted octanol–water partition coefficient (Wildman–Crippen LogP) is 0.566. The van der Waals surface area contributed by atoms with Crippen molar-refractivity contribution in [1.82, 2.24) is 15.3 Å². The van der Waals surface area contributed by atoms with Gasteiger partial charge < -0.3 is 14.8 Å². The van der Waals surface area contributed by atoms with Crippen LogP contribution in [0.1, 0.15) is 19.4 Å². The third-order valence-electron chi connectivity index (χ3n) is 2.26. The number of ether oxygens (including phenoxy) is 2. The number of hydrogen-bond donors (Lipinski definition) is 1. The quantitative estimate of drug-likeness (QED) is 0.604. The summed E-state index contributed by atoms with van der Waals surface area (Å²) >= 11 is 0. The Morgan fingerprint density at radius 1 is 1.40 bits per heavy atom. The van der Waals surface area contributed by atoms with Crippen LogP contribution in [0.3, 0.4) is 0 Å². The lowest BCUT2D eigenvalue weighted by Crippen LogP contribution is -2.38. The number of carbonyl (C=O) groups is 2. The fraction of sp³-hybridized carbons (Fsp3) is 0.385. The Morgan fingerprint density at radius 2 is 2.05 bits per heavy atom. The van der Waals surface area contributed by atoms with E-state index in [4.69, 9.17) is 4.74 Å². The molecule has 0 aliphatic carbocycles. The molecule has 0 saturated carbocycles. The summed E-state index contributed by atoms with van der Waals surface area (Å²) in [6.45, 7) is 3.87. The van der Waals surface area contributed by atoms with E-state index in [2.05, 4.69) is 20.0 Å². The number of carbonyl (C=O) groups excluding carboxylic acids is 2. The van der Waals surface area contributed by atoms with Crippen molar-refractivity contribution in [2.45, 2.75) is 19.9 Å². The Balaban J connectivity index is 2.54. The van der Waals surface area contributed by atoms with Crippen molar-refractivity contribution in [2.75, 3.05) is 13.7 Å². The van der Waals surface area contributed by atoms with Crippen molar-refractivity contribution in [1.29, 1.82) is 0 Å². The molecule has 0 spiro atoms. The maximum atomic E-state index is 11.5. The van der Waals surface area contributed by atoms with Gasteiger partial charge in [-0.25, -0.2) is 14.8 Å². The first-order valence-corrected chi connectivity index (χ1v) is 6.08. The molecule has 20 heavy (non-hydrogen) atoms. The number of rotatable bonds is 6. The minimum absolute atomic E-state index is 0.286. The number of esters is 1. The topological polar surface area (TPSA) is 90.4 Å². The summed E-state index contributed by atoms with van der Waals surface area (Å²) in [7, 11) is 1.26. The van der Waals surface area contributed by atoms with Crippen LogP contribution >= 0.6 is 0 Å². The van der Waals surface area contributed by atoms with Crippen LogP contribution in [-0.2, 0) is 14.3 Å². The first-order valence-electron chi connectivity index (χ1n) is 6.08. The Morgan fingerprint density at radius 3 is 2.60 bits per heavy atom. The van der Waals surface area contributed by atoms with Crippen molar-refractivity contribution in [3.05, 3.63) is 24.0 Å². The van der Waals surface area contributed by atoms with Crippen LogP contribution in [0.4, 0.5) is 0 Å². The second kappa shape index (κ2) is 7.88. The molecule has 0 aliphatic heterocycles. The van der Waals surface area contributed by atoms with Crippen LogP contribution in [0.15, 0.2) is 18.5 Å². The van der Waals surface area contributed by atoms with Crippen LogP contribution in [0.2, 0.25) is 0 Å². The van der Waals surface area contributed by atoms with Crippen molar-refractivity contribution in [2.24, 2.45) is 0 Å². The maximum Gasteiger partial charge on any atom is 0.328 e. The molecule has 1 aromatic heterocycles. The first-order chi connectivity index (χ1) is 9.56. The lowest BCUT2D eigenvalue weighted by atomic mass is 10.3. The van der Waals surface area contributed by atoms with E-state index in [9.17, 15) is 9.59 Å². The van der Waals surface area contributed by atoms with E-state index < -0.39 is 17.9 Å². The van der Waals surface area contributed by atoms with Gasteiger partial charge in [-0.3, -0.25) is 4.79 Å². The van der Waals surface area contributed by atoms with Gasteiger partial charge in [0.15, 0.2) is 0 Å². The molecule has 1 heterocycles. The highest BCUT2D eigenvalue weighted by molar-refractivity contribution is 5.94. The molecule has 108 valence electrons. The second-order valence-corrected chi connectivity index (χ2v) is 3.82. The van der Waals surface area contributed by atoms with Gasteiger partial charge in [0.2, 0.25) is 5.91 Å². The monoisotopic (exact) mass is 279 g/mol. The first kappa shape index (κ1) is 15.6. The summed E-state index contributed by atoms with van der Waals surface area (Å²) in [6.07, 6.45) is 5.89. The lowest BCUT2D eigenvalue weighted by Gasteiger charge is -2.09. The van der Waals surface area contributed by atoms with Crippen molar-refractivity contribution >= 4 is 18.0 Å². The minimum atomic E-state index is -0.700. The fourth-order valence-corrected chi connectivity index (χ4v) is 1.28. The van der Waals surface area contributed by atoms with Crippen LogP contribution in [0.25, 0.3) is 6.08 Å². The van der Waals surface area contributed by atoms with Gasteiger partial charge in [-0.15, -0.1) is 0 Å². The van der Waals surface area contributed by atoms with Crippen LogP contribution in [-0.4, -0.2) is 41.6 Å². The van der Waals surface area contributed by atoms with Gasteiger partial charge in [-0.2, -0.15) is 0 Å². The number of nitrogens with zero attached hydrogens (tertiary/aromatic N) is 2. The van der Waals surface area contributed by atoms with Gasteiger partial charge in [-0.1, -0.05) is 0 Å². The number of methoxy groups -OCH3 is 1. The largest absolute Gasteiger partial charge is 0.467 e. The average molecular weight is 279 g/mol. The summed E-state index contributed by atoms with van der Waals surface area (Å²) in [5.74, 6) is -0.909. The highest BCUT2D eigenvalue weighted by atomic mass is 16.5. The molecule has 0 saturated heterocycles. The average Bonchev–Trinajstić information content (AvgIpc) is 2.46. The van der Waals surface area contributed by atoms with E-state index in [0.717, 1.165) is 0 Å². The SMILES string of the molecule is CCOc1ncc(/C=C/C(=O)NC(C)C(=O)OC)cn1. The van der Waals surface area contributed by atoms with Crippen molar-refractivity contribution in [3.8, 4) is 6.01 Å². The molecule has 0 aromatic carbocycles. The zero-order chi connectivity index (χ0) is 15.0. The smallest absolute Gasteiger partial charge is 0.328 e.